The lowest BCUT2D eigenvalue weighted by molar-refractivity contribution is -0.171. The predicted octanol–water partition coefficient (Wildman–Crippen LogP) is 2.10. The molecule has 2 atom stereocenters. The van der Waals surface area contributed by atoms with Gasteiger partial charge >= 0.3 is 5.97 Å². The van der Waals surface area contributed by atoms with Crippen molar-refractivity contribution >= 4 is 5.97 Å². The molecule has 2 fully saturated rings. The van der Waals surface area contributed by atoms with E-state index in [4.69, 9.17) is 14.6 Å². The Balaban J connectivity index is 1.78. The Hall–Kier alpha value is -0.650. The summed E-state index contributed by atoms with van der Waals surface area (Å²) >= 11 is 0. The van der Waals surface area contributed by atoms with Crippen molar-refractivity contribution in [3.05, 3.63) is 0 Å². The van der Waals surface area contributed by atoms with E-state index in [1.54, 1.807) is 0 Å². The summed E-state index contributed by atoms with van der Waals surface area (Å²) in [6.45, 7) is 9.09. The van der Waals surface area contributed by atoms with Gasteiger partial charge in [0.05, 0.1) is 19.1 Å². The molecule has 2 saturated heterocycles. The molecule has 0 aromatic heterocycles. The molecule has 2 heterocycles. The second-order valence-electron chi connectivity index (χ2n) is 6.56. The highest BCUT2D eigenvalue weighted by molar-refractivity contribution is 5.67. The molecule has 2 aliphatic rings. The normalized spacial score (nSPS) is 32.9. The molecule has 0 aliphatic carbocycles. The van der Waals surface area contributed by atoms with Crippen molar-refractivity contribution in [3.63, 3.8) is 0 Å². The average molecular weight is 285 g/mol. The van der Waals surface area contributed by atoms with Crippen molar-refractivity contribution in [3.8, 4) is 0 Å². The number of carboxylic acids is 1. The van der Waals surface area contributed by atoms with Crippen LogP contribution in [0.3, 0.4) is 0 Å². The Morgan fingerprint density at radius 3 is 2.60 bits per heavy atom. The average Bonchev–Trinajstić information content (AvgIpc) is 2.70. The first-order valence-electron chi connectivity index (χ1n) is 7.65. The molecule has 2 unspecified atom stereocenters. The summed E-state index contributed by atoms with van der Waals surface area (Å²) in [5.74, 6) is -0.809. The topological polar surface area (TPSA) is 59.0 Å². The zero-order chi connectivity index (χ0) is 14.8. The molecule has 1 N–H and O–H groups in total. The van der Waals surface area contributed by atoms with E-state index < -0.39 is 11.8 Å². The third kappa shape index (κ3) is 4.17. The fourth-order valence-corrected chi connectivity index (χ4v) is 3.29. The van der Waals surface area contributed by atoms with Crippen molar-refractivity contribution in [2.75, 3.05) is 19.7 Å². The van der Waals surface area contributed by atoms with Crippen molar-refractivity contribution in [1.29, 1.82) is 0 Å². The number of hydrogen-bond acceptors (Lipinski definition) is 4. The third-order valence-corrected chi connectivity index (χ3v) is 4.43. The lowest BCUT2D eigenvalue weighted by Crippen LogP contribution is -2.40. The standard InChI is InChI=1S/C15H27NO4/c1-11(2)16-6-4-12(5-7-16)9-15(3)19-10-13(20-15)8-14(17)18/h11-13H,4-10H2,1-3H3,(H,17,18). The molecular weight excluding hydrogens is 258 g/mol. The molecule has 5 heteroatoms. The maximum atomic E-state index is 10.7. The van der Waals surface area contributed by atoms with Crippen molar-refractivity contribution in [2.45, 2.75) is 64.4 Å². The quantitative estimate of drug-likeness (QED) is 0.838. The second-order valence-corrected chi connectivity index (χ2v) is 6.56. The number of carboxylic acid groups (broad SMARTS) is 1. The van der Waals surface area contributed by atoms with Crippen LogP contribution in [0.1, 0.15) is 46.5 Å². The molecule has 0 saturated carbocycles. The molecule has 0 aromatic carbocycles. The number of aliphatic carboxylic acids is 1. The Morgan fingerprint density at radius 2 is 2.05 bits per heavy atom. The van der Waals surface area contributed by atoms with Gasteiger partial charge in [-0.15, -0.1) is 0 Å². The molecular formula is C15H27NO4. The van der Waals surface area contributed by atoms with Crippen LogP contribution < -0.4 is 0 Å². The van der Waals surface area contributed by atoms with Gasteiger partial charge in [0.25, 0.3) is 0 Å². The molecule has 0 radical (unpaired) electrons. The summed E-state index contributed by atoms with van der Waals surface area (Å²) in [4.78, 5) is 13.2. The van der Waals surface area contributed by atoms with Gasteiger partial charge in [-0.05, 0) is 52.6 Å². The number of piperidine rings is 1. The third-order valence-electron chi connectivity index (χ3n) is 4.43. The van der Waals surface area contributed by atoms with Gasteiger partial charge in [-0.2, -0.15) is 0 Å². The maximum absolute atomic E-state index is 10.7. The van der Waals surface area contributed by atoms with Crippen LogP contribution in [-0.2, 0) is 14.3 Å². The van der Waals surface area contributed by atoms with Crippen molar-refractivity contribution < 1.29 is 19.4 Å². The minimum absolute atomic E-state index is 0.0292. The first kappa shape index (κ1) is 15.7. The van der Waals surface area contributed by atoms with E-state index in [-0.39, 0.29) is 12.5 Å². The van der Waals surface area contributed by atoms with Gasteiger partial charge in [0, 0.05) is 12.5 Å². The molecule has 0 amide bonds. The first-order chi connectivity index (χ1) is 9.38. The van der Waals surface area contributed by atoms with Crippen LogP contribution in [0.15, 0.2) is 0 Å². The lowest BCUT2D eigenvalue weighted by Gasteiger charge is -2.37. The van der Waals surface area contributed by atoms with Gasteiger partial charge in [-0.25, -0.2) is 0 Å². The second kappa shape index (κ2) is 6.41. The van der Waals surface area contributed by atoms with Gasteiger partial charge in [-0.1, -0.05) is 0 Å². The van der Waals surface area contributed by atoms with Gasteiger partial charge in [0.1, 0.15) is 0 Å². The monoisotopic (exact) mass is 285 g/mol. The summed E-state index contributed by atoms with van der Waals surface area (Å²) in [5.41, 5.74) is 0. The molecule has 0 aromatic rings. The Labute approximate surface area is 121 Å². The van der Waals surface area contributed by atoms with E-state index in [0.29, 0.717) is 18.6 Å². The van der Waals surface area contributed by atoms with Gasteiger partial charge in [0.15, 0.2) is 5.79 Å². The minimum Gasteiger partial charge on any atom is -0.481 e. The number of hydrogen-bond donors (Lipinski definition) is 1. The van der Waals surface area contributed by atoms with E-state index >= 15 is 0 Å². The SMILES string of the molecule is CC(C)N1CCC(CC2(C)OCC(CC(=O)O)O2)CC1. The van der Waals surface area contributed by atoms with E-state index in [1.807, 2.05) is 6.92 Å². The van der Waals surface area contributed by atoms with Crippen LogP contribution in [-0.4, -0.2) is 53.6 Å². The molecule has 20 heavy (non-hydrogen) atoms. The first-order valence-corrected chi connectivity index (χ1v) is 7.65. The van der Waals surface area contributed by atoms with E-state index in [2.05, 4.69) is 18.7 Å². The van der Waals surface area contributed by atoms with Gasteiger partial charge in [0.2, 0.25) is 0 Å². The number of ether oxygens (including phenoxy) is 2. The molecule has 2 rings (SSSR count). The molecule has 0 bridgehead atoms. The molecule has 2 aliphatic heterocycles. The zero-order valence-electron chi connectivity index (χ0n) is 12.8. The van der Waals surface area contributed by atoms with Crippen LogP contribution in [0.25, 0.3) is 0 Å². The number of nitrogens with zero attached hydrogens (tertiary/aromatic N) is 1. The van der Waals surface area contributed by atoms with Crippen molar-refractivity contribution in [2.24, 2.45) is 5.92 Å². The molecule has 116 valence electrons. The van der Waals surface area contributed by atoms with Gasteiger partial charge in [-0.3, -0.25) is 4.79 Å². The maximum Gasteiger partial charge on any atom is 0.306 e. The predicted molar refractivity (Wildman–Crippen MR) is 75.5 cm³/mol. The minimum atomic E-state index is -0.826. The summed E-state index contributed by atoms with van der Waals surface area (Å²) in [5, 5.41) is 8.81. The van der Waals surface area contributed by atoms with E-state index in [1.165, 1.54) is 12.8 Å². The van der Waals surface area contributed by atoms with Crippen LogP contribution in [0, 0.1) is 5.92 Å². The van der Waals surface area contributed by atoms with E-state index in [9.17, 15) is 4.79 Å². The van der Waals surface area contributed by atoms with Crippen LogP contribution >= 0.6 is 0 Å². The molecule has 5 nitrogen and oxygen atoms in total. The van der Waals surface area contributed by atoms with Gasteiger partial charge < -0.3 is 19.5 Å². The largest absolute Gasteiger partial charge is 0.481 e. The summed E-state index contributed by atoms with van der Waals surface area (Å²) in [6, 6.07) is 0.616. The van der Waals surface area contributed by atoms with Crippen LogP contribution in [0.5, 0.6) is 0 Å². The lowest BCUT2D eigenvalue weighted by atomic mass is 9.89. The number of rotatable bonds is 5. The van der Waals surface area contributed by atoms with E-state index in [0.717, 1.165) is 19.5 Å². The summed E-state index contributed by atoms with van der Waals surface area (Å²) in [7, 11) is 0. The number of likely N-dealkylation sites (tertiary alicyclic amines) is 1. The smallest absolute Gasteiger partial charge is 0.306 e. The highest BCUT2D eigenvalue weighted by atomic mass is 16.7. The fraction of sp³-hybridized carbons (Fsp3) is 0.933. The van der Waals surface area contributed by atoms with Crippen molar-refractivity contribution in [1.82, 2.24) is 4.90 Å². The Kier molecular flexibility index (Phi) is 5.04. The summed E-state index contributed by atoms with van der Waals surface area (Å²) in [6.07, 6.45) is 2.94. The fourth-order valence-electron chi connectivity index (χ4n) is 3.29. The Morgan fingerprint density at radius 1 is 1.40 bits per heavy atom. The number of carbonyl (C=O) groups is 1. The Bertz CT molecular complexity index is 339. The van der Waals surface area contributed by atoms with Crippen LogP contribution in [0.2, 0.25) is 0 Å². The highest BCUT2D eigenvalue weighted by Crippen LogP contribution is 2.34. The van der Waals surface area contributed by atoms with Crippen LogP contribution in [0.4, 0.5) is 0 Å². The highest BCUT2D eigenvalue weighted by Gasteiger charge is 2.40. The zero-order valence-corrected chi connectivity index (χ0v) is 12.8. The molecule has 0 spiro atoms. The summed E-state index contributed by atoms with van der Waals surface area (Å²) < 4.78 is 11.6.